The first-order valence-corrected chi connectivity index (χ1v) is 9.09. The first kappa shape index (κ1) is 21.6. The number of carboxylic acids is 1. The molecule has 148 valence electrons. The monoisotopic (exact) mass is 401 g/mol. The maximum Gasteiger partial charge on any atom is 0.304 e. The molecule has 3 rings (SSSR count). The molecule has 7 heteroatoms. The number of carbonyl (C=O) groups is 1. The highest BCUT2D eigenvalue weighted by atomic mass is 35.5. The Hall–Kier alpha value is -2.70. The average molecular weight is 402 g/mol. The molecule has 2 aromatic carbocycles. The third kappa shape index (κ3) is 6.79. The molecule has 2 N–H and O–H groups in total. The number of nitrogens with zero attached hydrogens (tertiary/aromatic N) is 2. The topological polar surface area (TPSA) is 88.2 Å². The highest BCUT2D eigenvalue weighted by molar-refractivity contribution is 5.85. The minimum absolute atomic E-state index is 0. The van der Waals surface area contributed by atoms with E-state index in [1.54, 1.807) is 0 Å². The number of hydrogen-bond donors (Lipinski definition) is 2. The molecule has 1 heterocycles. The lowest BCUT2D eigenvalue weighted by molar-refractivity contribution is -0.136. The van der Waals surface area contributed by atoms with Crippen molar-refractivity contribution in [2.24, 2.45) is 0 Å². The summed E-state index contributed by atoms with van der Waals surface area (Å²) < 4.78 is 5.36. The van der Waals surface area contributed by atoms with Gasteiger partial charge in [-0.2, -0.15) is 4.98 Å². The van der Waals surface area contributed by atoms with E-state index in [-0.39, 0.29) is 18.8 Å². The van der Waals surface area contributed by atoms with E-state index in [4.69, 9.17) is 9.63 Å². The van der Waals surface area contributed by atoms with Crippen LogP contribution >= 0.6 is 12.4 Å². The van der Waals surface area contributed by atoms with E-state index in [1.807, 2.05) is 42.5 Å². The predicted molar refractivity (Wildman–Crippen MR) is 109 cm³/mol. The lowest BCUT2D eigenvalue weighted by atomic mass is 10.1. The highest BCUT2D eigenvalue weighted by Gasteiger charge is 2.08. The summed E-state index contributed by atoms with van der Waals surface area (Å²) in [6, 6.07) is 18.2. The number of hydrogen-bond acceptors (Lipinski definition) is 5. The molecule has 0 aliphatic rings. The van der Waals surface area contributed by atoms with Gasteiger partial charge in [-0.3, -0.25) is 4.79 Å². The SMILES string of the molecule is Cl.O=C(O)CCNCc1ccc(-c2noc(CCCc3ccccc3)n2)cc1. The zero-order valence-corrected chi connectivity index (χ0v) is 16.3. The predicted octanol–water partition coefficient (Wildman–Crippen LogP) is 3.90. The molecule has 3 aromatic rings. The fourth-order valence-electron chi connectivity index (χ4n) is 2.76. The first-order valence-electron chi connectivity index (χ1n) is 9.09. The van der Waals surface area contributed by atoms with Gasteiger partial charge in [0.25, 0.3) is 0 Å². The number of rotatable bonds is 10. The summed E-state index contributed by atoms with van der Waals surface area (Å²) >= 11 is 0. The molecule has 28 heavy (non-hydrogen) atoms. The number of carboxylic acid groups (broad SMARTS) is 1. The fraction of sp³-hybridized carbons (Fsp3) is 0.286. The van der Waals surface area contributed by atoms with Gasteiger partial charge in [0.15, 0.2) is 0 Å². The smallest absolute Gasteiger partial charge is 0.304 e. The number of halogens is 1. The van der Waals surface area contributed by atoms with E-state index >= 15 is 0 Å². The van der Waals surface area contributed by atoms with E-state index in [0.29, 0.717) is 24.8 Å². The molecule has 0 bridgehead atoms. The van der Waals surface area contributed by atoms with Gasteiger partial charge in [0.05, 0.1) is 6.42 Å². The molecular weight excluding hydrogens is 378 g/mol. The Kier molecular flexibility index (Phi) is 8.65. The van der Waals surface area contributed by atoms with Crippen LogP contribution in [0.5, 0.6) is 0 Å². The van der Waals surface area contributed by atoms with E-state index in [9.17, 15) is 4.79 Å². The Balaban J connectivity index is 0.00000280. The minimum Gasteiger partial charge on any atom is -0.481 e. The molecule has 1 aromatic heterocycles. The largest absolute Gasteiger partial charge is 0.481 e. The first-order chi connectivity index (χ1) is 13.2. The van der Waals surface area contributed by atoms with Crippen LogP contribution in [-0.2, 0) is 24.2 Å². The van der Waals surface area contributed by atoms with Gasteiger partial charge in [-0.25, -0.2) is 0 Å². The van der Waals surface area contributed by atoms with Crippen LogP contribution in [0.1, 0.15) is 29.9 Å². The van der Waals surface area contributed by atoms with Crippen molar-refractivity contribution < 1.29 is 14.4 Å². The van der Waals surface area contributed by atoms with E-state index < -0.39 is 5.97 Å². The highest BCUT2D eigenvalue weighted by Crippen LogP contribution is 2.17. The summed E-state index contributed by atoms with van der Waals surface area (Å²) in [5, 5.41) is 15.8. The second-order valence-corrected chi connectivity index (χ2v) is 6.37. The molecule has 0 aliphatic carbocycles. The van der Waals surface area contributed by atoms with Crippen molar-refractivity contribution in [3.8, 4) is 11.4 Å². The quantitative estimate of drug-likeness (QED) is 0.501. The van der Waals surface area contributed by atoms with Crippen molar-refractivity contribution in [2.45, 2.75) is 32.2 Å². The molecule has 0 atom stereocenters. The fourth-order valence-corrected chi connectivity index (χ4v) is 2.76. The lowest BCUT2D eigenvalue weighted by Crippen LogP contribution is -2.17. The standard InChI is InChI=1S/C21H23N3O3.ClH/c25-20(26)13-14-22-15-17-9-11-18(12-10-17)21-23-19(27-24-21)8-4-7-16-5-2-1-3-6-16;/h1-3,5-6,9-12,22H,4,7-8,13-15H2,(H,25,26);1H. The molecule has 0 spiro atoms. The number of benzene rings is 2. The minimum atomic E-state index is -0.797. The maximum atomic E-state index is 10.5. The van der Waals surface area contributed by atoms with E-state index in [2.05, 4.69) is 27.6 Å². The number of aromatic nitrogens is 2. The van der Waals surface area contributed by atoms with Crippen LogP contribution in [0.4, 0.5) is 0 Å². The second kappa shape index (κ2) is 11.2. The van der Waals surface area contributed by atoms with Gasteiger partial charge in [-0.15, -0.1) is 12.4 Å². The normalized spacial score (nSPS) is 10.4. The molecule has 0 radical (unpaired) electrons. The summed E-state index contributed by atoms with van der Waals surface area (Å²) in [7, 11) is 0. The number of aliphatic carboxylic acids is 1. The van der Waals surface area contributed by atoms with Crippen molar-refractivity contribution in [2.75, 3.05) is 6.54 Å². The zero-order valence-electron chi connectivity index (χ0n) is 15.5. The van der Waals surface area contributed by atoms with Crippen LogP contribution in [0.3, 0.4) is 0 Å². The van der Waals surface area contributed by atoms with Gasteiger partial charge in [-0.1, -0.05) is 59.8 Å². The Morgan fingerprint density at radius 1 is 1.00 bits per heavy atom. The lowest BCUT2D eigenvalue weighted by Gasteiger charge is -2.03. The van der Waals surface area contributed by atoms with Gasteiger partial charge < -0.3 is 14.9 Å². The van der Waals surface area contributed by atoms with Crippen LogP contribution in [0.15, 0.2) is 59.1 Å². The average Bonchev–Trinajstić information content (AvgIpc) is 3.15. The molecule has 0 saturated heterocycles. The maximum absolute atomic E-state index is 10.5. The Morgan fingerprint density at radius 3 is 2.46 bits per heavy atom. The second-order valence-electron chi connectivity index (χ2n) is 6.37. The van der Waals surface area contributed by atoms with Gasteiger partial charge >= 0.3 is 5.97 Å². The van der Waals surface area contributed by atoms with E-state index in [1.165, 1.54) is 5.56 Å². The third-order valence-corrected chi connectivity index (χ3v) is 4.22. The van der Waals surface area contributed by atoms with Crippen LogP contribution in [0, 0.1) is 0 Å². The molecule has 0 unspecified atom stereocenters. The van der Waals surface area contributed by atoms with Gasteiger partial charge in [0, 0.05) is 25.1 Å². The zero-order chi connectivity index (χ0) is 18.9. The third-order valence-electron chi connectivity index (χ3n) is 4.22. The summed E-state index contributed by atoms with van der Waals surface area (Å²) in [6.07, 6.45) is 2.83. The molecule has 6 nitrogen and oxygen atoms in total. The molecular formula is C21H24ClN3O3. The summed E-state index contributed by atoms with van der Waals surface area (Å²) in [6.45, 7) is 1.08. The summed E-state index contributed by atoms with van der Waals surface area (Å²) in [5.74, 6) is 0.449. The van der Waals surface area contributed by atoms with Crippen LogP contribution < -0.4 is 5.32 Å². The van der Waals surface area contributed by atoms with Crippen molar-refractivity contribution in [1.82, 2.24) is 15.5 Å². The Labute approximate surface area is 170 Å². The van der Waals surface area contributed by atoms with Crippen LogP contribution in [0.2, 0.25) is 0 Å². The van der Waals surface area contributed by atoms with Crippen LogP contribution in [0.25, 0.3) is 11.4 Å². The van der Waals surface area contributed by atoms with Crippen molar-refractivity contribution >= 4 is 18.4 Å². The van der Waals surface area contributed by atoms with Crippen molar-refractivity contribution in [3.05, 3.63) is 71.6 Å². The summed E-state index contributed by atoms with van der Waals surface area (Å²) in [4.78, 5) is 15.0. The number of nitrogens with one attached hydrogen (secondary N) is 1. The van der Waals surface area contributed by atoms with Crippen molar-refractivity contribution in [3.63, 3.8) is 0 Å². The van der Waals surface area contributed by atoms with Crippen LogP contribution in [-0.4, -0.2) is 27.8 Å². The Morgan fingerprint density at radius 2 is 1.75 bits per heavy atom. The molecule has 0 saturated carbocycles. The van der Waals surface area contributed by atoms with Gasteiger partial charge in [-0.05, 0) is 24.0 Å². The molecule has 0 aliphatic heterocycles. The molecule has 0 fully saturated rings. The molecule has 0 amide bonds. The number of aryl methyl sites for hydroxylation is 2. The van der Waals surface area contributed by atoms with Gasteiger partial charge in [0.1, 0.15) is 0 Å². The Bertz CT molecular complexity index is 851. The van der Waals surface area contributed by atoms with E-state index in [0.717, 1.165) is 30.4 Å². The van der Waals surface area contributed by atoms with Gasteiger partial charge in [0.2, 0.25) is 11.7 Å². The van der Waals surface area contributed by atoms with Crippen molar-refractivity contribution in [1.29, 1.82) is 0 Å². The summed E-state index contributed by atoms with van der Waals surface area (Å²) in [5.41, 5.74) is 3.29.